The first-order chi connectivity index (χ1) is 12.3. The largest absolute Gasteiger partial charge is 0.372 e. The van der Waals surface area contributed by atoms with E-state index >= 15 is 0 Å². The van der Waals surface area contributed by atoms with Crippen LogP contribution in [0, 0.1) is 11.6 Å². The van der Waals surface area contributed by atoms with Gasteiger partial charge in [0.05, 0.1) is 17.6 Å². The van der Waals surface area contributed by atoms with Crippen molar-refractivity contribution in [3.05, 3.63) is 64.7 Å². The van der Waals surface area contributed by atoms with Crippen molar-refractivity contribution in [2.45, 2.75) is 30.4 Å². The summed E-state index contributed by atoms with van der Waals surface area (Å²) >= 11 is 5.81. The summed E-state index contributed by atoms with van der Waals surface area (Å²) in [7, 11) is -3.63. The van der Waals surface area contributed by atoms with Crippen molar-refractivity contribution >= 4 is 21.6 Å². The van der Waals surface area contributed by atoms with E-state index in [4.69, 9.17) is 16.3 Å². The Morgan fingerprint density at radius 2 is 1.77 bits per heavy atom. The zero-order valence-electron chi connectivity index (χ0n) is 13.9. The summed E-state index contributed by atoms with van der Waals surface area (Å²) in [6.45, 7) is 0.621. The molecule has 2 aromatic carbocycles. The molecule has 0 amide bonds. The molecule has 1 atom stereocenters. The smallest absolute Gasteiger partial charge is 0.243 e. The molecule has 0 radical (unpaired) electrons. The van der Waals surface area contributed by atoms with E-state index in [1.807, 2.05) is 0 Å². The van der Waals surface area contributed by atoms with Crippen molar-refractivity contribution in [2.24, 2.45) is 0 Å². The quantitative estimate of drug-likeness (QED) is 0.761. The summed E-state index contributed by atoms with van der Waals surface area (Å²) in [6.07, 6.45) is 0.997. The number of nitrogens with zero attached hydrogens (tertiary/aromatic N) is 1. The minimum atomic E-state index is -3.63. The van der Waals surface area contributed by atoms with Gasteiger partial charge in [0.2, 0.25) is 10.0 Å². The lowest BCUT2D eigenvalue weighted by Gasteiger charge is -2.32. The zero-order valence-corrected chi connectivity index (χ0v) is 15.4. The van der Waals surface area contributed by atoms with Crippen molar-refractivity contribution < 1.29 is 21.9 Å². The van der Waals surface area contributed by atoms with E-state index in [-0.39, 0.29) is 24.2 Å². The average Bonchev–Trinajstić information content (AvgIpc) is 2.60. The summed E-state index contributed by atoms with van der Waals surface area (Å²) in [6, 6.07) is 9.21. The summed E-state index contributed by atoms with van der Waals surface area (Å²) < 4.78 is 59.0. The van der Waals surface area contributed by atoms with Crippen LogP contribution in [-0.4, -0.2) is 31.9 Å². The Balaban J connectivity index is 1.66. The fourth-order valence-corrected chi connectivity index (χ4v) is 4.56. The van der Waals surface area contributed by atoms with E-state index in [1.54, 1.807) is 0 Å². The minimum Gasteiger partial charge on any atom is -0.372 e. The summed E-state index contributed by atoms with van der Waals surface area (Å²) in [5, 5.41) is 0.464. The van der Waals surface area contributed by atoms with Crippen molar-refractivity contribution in [3.63, 3.8) is 0 Å². The fraction of sp³-hybridized carbons (Fsp3) is 0.333. The van der Waals surface area contributed by atoms with Crippen LogP contribution >= 0.6 is 11.6 Å². The maximum absolute atomic E-state index is 13.2. The van der Waals surface area contributed by atoms with E-state index in [2.05, 4.69) is 0 Å². The maximum atomic E-state index is 13.2. The van der Waals surface area contributed by atoms with Gasteiger partial charge in [0.15, 0.2) is 0 Å². The van der Waals surface area contributed by atoms with Crippen molar-refractivity contribution in [1.82, 2.24) is 4.31 Å². The molecule has 2 aromatic rings. The lowest BCUT2D eigenvalue weighted by atomic mass is 10.1. The molecule has 0 saturated carbocycles. The van der Waals surface area contributed by atoms with Gasteiger partial charge in [0.25, 0.3) is 0 Å². The Labute approximate surface area is 156 Å². The topological polar surface area (TPSA) is 46.6 Å². The first kappa shape index (κ1) is 19.2. The maximum Gasteiger partial charge on any atom is 0.243 e. The van der Waals surface area contributed by atoms with E-state index in [0.29, 0.717) is 30.0 Å². The molecule has 0 spiro atoms. The Morgan fingerprint density at radius 1 is 1.12 bits per heavy atom. The molecule has 4 nitrogen and oxygen atoms in total. The second kappa shape index (κ2) is 8.00. The predicted octanol–water partition coefficient (Wildman–Crippen LogP) is 3.99. The third-order valence-electron chi connectivity index (χ3n) is 4.20. The average molecular weight is 402 g/mol. The van der Waals surface area contributed by atoms with Gasteiger partial charge in [-0.05, 0) is 54.8 Å². The highest BCUT2D eigenvalue weighted by Gasteiger charge is 2.30. The molecule has 140 valence electrons. The van der Waals surface area contributed by atoms with Gasteiger partial charge in [0.1, 0.15) is 11.6 Å². The molecule has 0 aliphatic carbocycles. The molecule has 1 saturated heterocycles. The van der Waals surface area contributed by atoms with Crippen LogP contribution < -0.4 is 0 Å². The van der Waals surface area contributed by atoms with Crippen LogP contribution in [0.1, 0.15) is 18.4 Å². The van der Waals surface area contributed by atoms with E-state index in [9.17, 15) is 17.2 Å². The molecule has 26 heavy (non-hydrogen) atoms. The van der Waals surface area contributed by atoms with Crippen molar-refractivity contribution in [1.29, 1.82) is 0 Å². The Hall–Kier alpha value is -1.54. The number of hydrogen-bond donors (Lipinski definition) is 0. The molecule has 1 aliphatic rings. The van der Waals surface area contributed by atoms with Crippen LogP contribution in [0.3, 0.4) is 0 Å². The molecule has 1 heterocycles. The van der Waals surface area contributed by atoms with E-state index in [0.717, 1.165) is 6.07 Å². The highest BCUT2D eigenvalue weighted by Crippen LogP contribution is 2.24. The molecule has 0 aromatic heterocycles. The van der Waals surface area contributed by atoms with Crippen LogP contribution in [0.2, 0.25) is 5.02 Å². The standard InChI is InChI=1S/C18H18ClF2NO3S/c19-14-3-5-18(6-4-14)26(23,24)22-7-1-2-17(11-22)25-12-13-8-15(20)10-16(21)9-13/h3-6,8-10,17H,1-2,7,11-12H2/t17-/m0/s1. The van der Waals surface area contributed by atoms with Crippen LogP contribution in [0.5, 0.6) is 0 Å². The zero-order chi connectivity index (χ0) is 18.7. The van der Waals surface area contributed by atoms with E-state index < -0.39 is 21.7 Å². The Bertz CT molecular complexity index is 854. The summed E-state index contributed by atoms with van der Waals surface area (Å²) in [5.41, 5.74) is 0.375. The molecular formula is C18H18ClF2NO3S. The minimum absolute atomic E-state index is 0.0220. The normalized spacial score (nSPS) is 18.8. The van der Waals surface area contributed by atoms with Gasteiger partial charge in [-0.1, -0.05) is 11.6 Å². The molecule has 1 aliphatic heterocycles. The van der Waals surface area contributed by atoms with Gasteiger partial charge in [0, 0.05) is 24.2 Å². The second-order valence-corrected chi connectivity index (χ2v) is 8.54. The van der Waals surface area contributed by atoms with Gasteiger partial charge in [-0.2, -0.15) is 4.31 Å². The van der Waals surface area contributed by atoms with Crippen molar-refractivity contribution in [3.8, 4) is 0 Å². The monoisotopic (exact) mass is 401 g/mol. The van der Waals surface area contributed by atoms with Gasteiger partial charge in [-0.3, -0.25) is 0 Å². The van der Waals surface area contributed by atoms with Gasteiger partial charge in [-0.15, -0.1) is 0 Å². The number of piperidine rings is 1. The second-order valence-electron chi connectivity index (χ2n) is 6.17. The number of rotatable bonds is 5. The molecule has 3 rings (SSSR count). The third-order valence-corrected chi connectivity index (χ3v) is 6.33. The Kier molecular flexibility index (Phi) is 5.92. The SMILES string of the molecule is O=S(=O)(c1ccc(Cl)cc1)N1CCC[C@H](OCc2cc(F)cc(F)c2)C1. The highest BCUT2D eigenvalue weighted by atomic mass is 35.5. The Morgan fingerprint density at radius 3 is 2.42 bits per heavy atom. The molecule has 8 heteroatoms. The molecular weight excluding hydrogens is 384 g/mol. The van der Waals surface area contributed by atoms with Gasteiger partial charge < -0.3 is 4.74 Å². The fourth-order valence-electron chi connectivity index (χ4n) is 2.92. The summed E-state index contributed by atoms with van der Waals surface area (Å²) in [4.78, 5) is 0.176. The number of sulfonamides is 1. The van der Waals surface area contributed by atoms with Gasteiger partial charge in [-0.25, -0.2) is 17.2 Å². The molecule has 0 unspecified atom stereocenters. The van der Waals surface area contributed by atoms with Crippen molar-refractivity contribution in [2.75, 3.05) is 13.1 Å². The lowest BCUT2D eigenvalue weighted by molar-refractivity contribution is 0.00792. The highest BCUT2D eigenvalue weighted by molar-refractivity contribution is 7.89. The lowest BCUT2D eigenvalue weighted by Crippen LogP contribution is -2.43. The number of ether oxygens (including phenoxy) is 1. The van der Waals surface area contributed by atoms with Crippen LogP contribution in [-0.2, 0) is 21.4 Å². The van der Waals surface area contributed by atoms with Crippen LogP contribution in [0.4, 0.5) is 8.78 Å². The summed E-state index contributed by atoms with van der Waals surface area (Å²) in [5.74, 6) is -1.33. The molecule has 0 bridgehead atoms. The van der Waals surface area contributed by atoms with Crippen LogP contribution in [0.15, 0.2) is 47.4 Å². The number of hydrogen-bond acceptors (Lipinski definition) is 3. The first-order valence-electron chi connectivity index (χ1n) is 8.17. The first-order valence-corrected chi connectivity index (χ1v) is 9.99. The molecule has 1 fully saturated rings. The predicted molar refractivity (Wildman–Crippen MR) is 94.4 cm³/mol. The van der Waals surface area contributed by atoms with Crippen LogP contribution in [0.25, 0.3) is 0 Å². The molecule has 0 N–H and O–H groups in total. The number of halogens is 3. The van der Waals surface area contributed by atoms with Gasteiger partial charge >= 0.3 is 0 Å². The number of benzene rings is 2. The third kappa shape index (κ3) is 4.59. The van der Waals surface area contributed by atoms with E-state index in [1.165, 1.54) is 40.7 Å².